The number of hydrogen-bond acceptors (Lipinski definition) is 4. The molecule has 2 rings (SSSR count). The van der Waals surface area contributed by atoms with Gasteiger partial charge in [-0.15, -0.1) is 0 Å². The Kier molecular flexibility index (Phi) is 7.23. The second-order valence-electron chi connectivity index (χ2n) is 6.71. The zero-order valence-corrected chi connectivity index (χ0v) is 15.4. The summed E-state index contributed by atoms with van der Waals surface area (Å²) in [6.45, 7) is 6.30. The molecular weight excluding hydrogens is 316 g/mol. The lowest BCUT2D eigenvalue weighted by Gasteiger charge is -2.28. The predicted molar refractivity (Wildman–Crippen MR) is 96.8 cm³/mol. The number of benzene rings is 1. The molecule has 0 aromatic heterocycles. The quantitative estimate of drug-likeness (QED) is 0.412. The number of esters is 2. The number of carbonyl (C=O) groups excluding carboxylic acids is 2. The van der Waals surface area contributed by atoms with Gasteiger partial charge in [-0.3, -0.25) is 9.59 Å². The molecule has 3 unspecified atom stereocenters. The molecule has 0 saturated heterocycles. The van der Waals surface area contributed by atoms with Crippen LogP contribution in [0.4, 0.5) is 0 Å². The maximum Gasteiger partial charge on any atom is 0.310 e. The molecule has 136 valence electrons. The Hall–Kier alpha value is -2.10. The molecule has 0 amide bonds. The topological polar surface area (TPSA) is 52.6 Å². The second kappa shape index (κ2) is 9.40. The van der Waals surface area contributed by atoms with Gasteiger partial charge in [0.1, 0.15) is 6.10 Å². The average Bonchev–Trinajstić information content (AvgIpc) is 2.62. The lowest BCUT2D eigenvalue weighted by molar-refractivity contribution is -0.164. The molecule has 1 aromatic carbocycles. The minimum absolute atomic E-state index is 0.286. The van der Waals surface area contributed by atoms with Crippen LogP contribution in [0.2, 0.25) is 0 Å². The van der Waals surface area contributed by atoms with Gasteiger partial charge in [-0.25, -0.2) is 0 Å². The van der Waals surface area contributed by atoms with Crippen molar-refractivity contribution in [2.24, 2.45) is 11.8 Å². The van der Waals surface area contributed by atoms with Crippen molar-refractivity contribution in [2.75, 3.05) is 6.61 Å². The van der Waals surface area contributed by atoms with Crippen molar-refractivity contribution in [1.82, 2.24) is 0 Å². The summed E-state index contributed by atoms with van der Waals surface area (Å²) < 4.78 is 11.0. The molecule has 1 aromatic rings. The Labute approximate surface area is 150 Å². The molecule has 4 nitrogen and oxygen atoms in total. The molecule has 4 heteroatoms. The van der Waals surface area contributed by atoms with Gasteiger partial charge in [0.05, 0.1) is 18.4 Å². The molecule has 0 heterocycles. The summed E-state index contributed by atoms with van der Waals surface area (Å²) >= 11 is 0. The van der Waals surface area contributed by atoms with E-state index in [2.05, 4.69) is 0 Å². The van der Waals surface area contributed by atoms with Gasteiger partial charge < -0.3 is 9.47 Å². The van der Waals surface area contributed by atoms with Crippen molar-refractivity contribution in [1.29, 1.82) is 0 Å². The van der Waals surface area contributed by atoms with Gasteiger partial charge in [-0.2, -0.15) is 0 Å². The van der Waals surface area contributed by atoms with Crippen LogP contribution in [0.15, 0.2) is 42.0 Å². The van der Waals surface area contributed by atoms with Crippen molar-refractivity contribution in [3.05, 3.63) is 47.5 Å². The lowest BCUT2D eigenvalue weighted by atomic mass is 9.80. The highest BCUT2D eigenvalue weighted by atomic mass is 16.5. The molecular formula is C21H28O4. The summed E-state index contributed by atoms with van der Waals surface area (Å²) in [6, 6.07) is 9.62. The van der Waals surface area contributed by atoms with Crippen molar-refractivity contribution in [2.45, 2.75) is 52.6 Å². The van der Waals surface area contributed by atoms with E-state index in [1.165, 1.54) is 0 Å². The van der Waals surface area contributed by atoms with Crippen LogP contribution in [0.25, 0.3) is 0 Å². The summed E-state index contributed by atoms with van der Waals surface area (Å²) in [5.41, 5.74) is 2.06. The Bertz CT molecular complexity index is 606. The normalized spacial score (nSPS) is 21.2. The molecule has 0 radical (unpaired) electrons. The third-order valence-electron chi connectivity index (χ3n) is 4.66. The highest BCUT2D eigenvalue weighted by Crippen LogP contribution is 2.33. The van der Waals surface area contributed by atoms with Crippen LogP contribution in [0.5, 0.6) is 0 Å². The SMILES string of the molecule is CCCCOC(=O)C1CC=C(C)CC1C(=O)OC(C)c1ccccc1. The standard InChI is InChI=1S/C21H28O4/c1-4-5-13-24-20(22)18-12-11-15(2)14-19(18)21(23)25-16(3)17-9-7-6-8-10-17/h6-11,16,18-19H,4-5,12-14H2,1-3H3. The van der Waals surface area contributed by atoms with E-state index in [4.69, 9.17) is 9.47 Å². The molecule has 0 N–H and O–H groups in total. The van der Waals surface area contributed by atoms with Crippen LogP contribution in [0.3, 0.4) is 0 Å². The van der Waals surface area contributed by atoms with Gasteiger partial charge in [0.2, 0.25) is 0 Å². The minimum atomic E-state index is -0.467. The Morgan fingerprint density at radius 3 is 2.56 bits per heavy atom. The van der Waals surface area contributed by atoms with Gasteiger partial charge in [0, 0.05) is 0 Å². The third kappa shape index (κ3) is 5.45. The van der Waals surface area contributed by atoms with Gasteiger partial charge in [0.15, 0.2) is 0 Å². The summed E-state index contributed by atoms with van der Waals surface area (Å²) in [5, 5.41) is 0. The van der Waals surface area contributed by atoms with E-state index in [0.717, 1.165) is 24.0 Å². The van der Waals surface area contributed by atoms with Crippen LogP contribution in [-0.2, 0) is 19.1 Å². The fourth-order valence-corrected chi connectivity index (χ4v) is 3.05. The predicted octanol–water partition coefficient (Wildman–Crippen LogP) is 4.61. The number of allylic oxidation sites excluding steroid dienone is 2. The number of carbonyl (C=O) groups is 2. The number of ether oxygens (including phenoxy) is 2. The van der Waals surface area contributed by atoms with Crippen molar-refractivity contribution in [3.63, 3.8) is 0 Å². The molecule has 3 atom stereocenters. The van der Waals surface area contributed by atoms with Crippen molar-refractivity contribution >= 4 is 11.9 Å². The van der Waals surface area contributed by atoms with Crippen LogP contribution in [0, 0.1) is 11.8 Å². The molecule has 1 aliphatic carbocycles. The van der Waals surface area contributed by atoms with Gasteiger partial charge in [-0.05, 0) is 38.7 Å². The van der Waals surface area contributed by atoms with Crippen LogP contribution in [-0.4, -0.2) is 18.5 Å². The fraction of sp³-hybridized carbons (Fsp3) is 0.524. The first-order valence-electron chi connectivity index (χ1n) is 9.10. The zero-order valence-electron chi connectivity index (χ0n) is 15.4. The van der Waals surface area contributed by atoms with E-state index >= 15 is 0 Å². The first-order valence-corrected chi connectivity index (χ1v) is 9.10. The second-order valence-corrected chi connectivity index (χ2v) is 6.71. The van der Waals surface area contributed by atoms with Crippen LogP contribution < -0.4 is 0 Å². The monoisotopic (exact) mass is 344 g/mol. The molecule has 0 fully saturated rings. The Balaban J connectivity index is 2.03. The molecule has 1 aliphatic rings. The van der Waals surface area contributed by atoms with E-state index in [1.54, 1.807) is 0 Å². The summed E-state index contributed by atoms with van der Waals surface area (Å²) in [4.78, 5) is 25.1. The molecule has 0 bridgehead atoms. The molecule has 25 heavy (non-hydrogen) atoms. The van der Waals surface area contributed by atoms with Crippen LogP contribution >= 0.6 is 0 Å². The third-order valence-corrected chi connectivity index (χ3v) is 4.66. The van der Waals surface area contributed by atoms with Crippen LogP contribution in [0.1, 0.15) is 58.1 Å². The van der Waals surface area contributed by atoms with Crippen molar-refractivity contribution < 1.29 is 19.1 Å². The zero-order chi connectivity index (χ0) is 18.2. The summed E-state index contributed by atoms with van der Waals surface area (Å²) in [5.74, 6) is -1.52. The highest BCUT2D eigenvalue weighted by molar-refractivity contribution is 5.83. The van der Waals surface area contributed by atoms with Gasteiger partial charge >= 0.3 is 11.9 Å². The Morgan fingerprint density at radius 1 is 1.16 bits per heavy atom. The Morgan fingerprint density at radius 2 is 1.88 bits per heavy atom. The molecule has 0 spiro atoms. The van der Waals surface area contributed by atoms with Crippen molar-refractivity contribution in [3.8, 4) is 0 Å². The van der Waals surface area contributed by atoms with E-state index in [-0.39, 0.29) is 18.0 Å². The minimum Gasteiger partial charge on any atom is -0.465 e. The first kappa shape index (κ1) is 19.2. The van der Waals surface area contributed by atoms with Gasteiger partial charge in [0.25, 0.3) is 0 Å². The van der Waals surface area contributed by atoms with E-state index in [1.807, 2.05) is 57.2 Å². The number of hydrogen-bond donors (Lipinski definition) is 0. The average molecular weight is 344 g/mol. The van der Waals surface area contributed by atoms with E-state index in [0.29, 0.717) is 19.4 Å². The maximum atomic E-state index is 12.7. The smallest absolute Gasteiger partial charge is 0.310 e. The maximum absolute atomic E-state index is 12.7. The number of unbranched alkanes of at least 4 members (excludes halogenated alkanes) is 1. The molecule has 0 saturated carbocycles. The fourth-order valence-electron chi connectivity index (χ4n) is 3.05. The summed E-state index contributed by atoms with van der Waals surface area (Å²) in [7, 11) is 0. The molecule has 0 aliphatic heterocycles. The summed E-state index contributed by atoms with van der Waals surface area (Å²) in [6.07, 6.45) is 4.59. The van der Waals surface area contributed by atoms with E-state index < -0.39 is 11.8 Å². The lowest BCUT2D eigenvalue weighted by Crippen LogP contribution is -2.35. The highest BCUT2D eigenvalue weighted by Gasteiger charge is 2.38. The largest absolute Gasteiger partial charge is 0.465 e. The van der Waals surface area contributed by atoms with Gasteiger partial charge in [-0.1, -0.05) is 55.3 Å². The first-order chi connectivity index (χ1) is 12.0. The number of rotatable bonds is 7. The van der Waals surface area contributed by atoms with E-state index in [9.17, 15) is 9.59 Å².